The molecule has 2 amide bonds. The fourth-order valence-electron chi connectivity index (χ4n) is 1.47. The number of hydrogen-bond donors (Lipinski definition) is 1. The van der Waals surface area contributed by atoms with E-state index < -0.39 is 18.1 Å². The normalized spacial score (nSPS) is 18.1. The molecule has 1 aromatic carbocycles. The van der Waals surface area contributed by atoms with Crippen LogP contribution in [-0.2, 0) is 9.53 Å². The zero-order valence-corrected chi connectivity index (χ0v) is 9.08. The van der Waals surface area contributed by atoms with Crippen molar-refractivity contribution < 1.29 is 19.1 Å². The first kappa shape index (κ1) is 14.3. The number of nitrogens with one attached hydrogen (secondary N) is 1. The van der Waals surface area contributed by atoms with Crippen molar-refractivity contribution in [2.45, 2.75) is 6.10 Å². The van der Waals surface area contributed by atoms with Crippen LogP contribution in [0.4, 0.5) is 4.79 Å². The summed E-state index contributed by atoms with van der Waals surface area (Å²) < 4.78 is 9.89. The summed E-state index contributed by atoms with van der Waals surface area (Å²) in [7, 11) is 1.46. The first-order chi connectivity index (χ1) is 7.61. The molecule has 0 spiro atoms. The molecule has 1 N–H and O–H groups in total. The zero-order valence-electron chi connectivity index (χ0n) is 8.32. The Morgan fingerprint density at radius 2 is 2.12 bits per heavy atom. The number of imide groups is 1. The molecule has 0 bridgehead atoms. The van der Waals surface area contributed by atoms with Crippen molar-refractivity contribution >= 4 is 53.2 Å². The number of carbonyl (C=O) groups is 2. The Hall–Kier alpha value is -0.750. The molecule has 2 rings (SSSR count). The van der Waals surface area contributed by atoms with E-state index in [1.54, 1.807) is 12.1 Å². The molecule has 1 fully saturated rings. The third-order valence-corrected chi connectivity index (χ3v) is 2.40. The molecule has 1 aliphatic rings. The van der Waals surface area contributed by atoms with E-state index in [0.29, 0.717) is 16.3 Å². The van der Waals surface area contributed by atoms with Crippen LogP contribution >= 0.6 is 11.6 Å². The van der Waals surface area contributed by atoms with Gasteiger partial charge in [-0.3, -0.25) is 10.1 Å². The van der Waals surface area contributed by atoms with Crippen molar-refractivity contribution in [3.63, 3.8) is 0 Å². The molecule has 1 aromatic rings. The first-order valence-electron chi connectivity index (χ1n) is 4.46. The number of methoxy groups -OCH3 is 1. The molecule has 17 heavy (non-hydrogen) atoms. The molecule has 1 aliphatic heterocycles. The van der Waals surface area contributed by atoms with E-state index in [1.807, 2.05) is 5.32 Å². The first-order valence-corrected chi connectivity index (χ1v) is 4.84. The maximum atomic E-state index is 11.4. The SMILES string of the molecule is COc1ccc(Cl)cc1C1OC(=O)NC1=O.[NaH]. The number of benzene rings is 1. The van der Waals surface area contributed by atoms with Crippen LogP contribution in [0.2, 0.25) is 5.02 Å². The van der Waals surface area contributed by atoms with Crippen LogP contribution < -0.4 is 10.1 Å². The summed E-state index contributed by atoms with van der Waals surface area (Å²) in [5, 5.41) is 2.47. The van der Waals surface area contributed by atoms with Gasteiger partial charge in [-0.2, -0.15) is 0 Å². The number of carbonyl (C=O) groups excluding carboxylic acids is 2. The molecule has 1 saturated heterocycles. The second-order valence-corrected chi connectivity index (χ2v) is 3.60. The van der Waals surface area contributed by atoms with E-state index in [1.165, 1.54) is 13.2 Å². The van der Waals surface area contributed by atoms with Crippen molar-refractivity contribution in [3.8, 4) is 5.75 Å². The van der Waals surface area contributed by atoms with Crippen LogP contribution in [0, 0.1) is 0 Å². The van der Waals surface area contributed by atoms with Gasteiger partial charge in [0.15, 0.2) is 0 Å². The quantitative estimate of drug-likeness (QED) is 0.811. The molecule has 7 heteroatoms. The number of halogens is 1. The summed E-state index contributed by atoms with van der Waals surface area (Å²) in [4.78, 5) is 22.3. The van der Waals surface area contributed by atoms with Crippen LogP contribution in [0.25, 0.3) is 0 Å². The summed E-state index contributed by atoms with van der Waals surface area (Å²) in [6.45, 7) is 0. The summed E-state index contributed by atoms with van der Waals surface area (Å²) >= 11 is 5.81. The molecule has 5 nitrogen and oxygen atoms in total. The van der Waals surface area contributed by atoms with Gasteiger partial charge in [0.05, 0.1) is 7.11 Å². The number of alkyl carbamates (subject to hydrolysis) is 1. The third-order valence-electron chi connectivity index (χ3n) is 2.16. The predicted octanol–water partition coefficient (Wildman–Crippen LogP) is 1.01. The van der Waals surface area contributed by atoms with Gasteiger partial charge in [0, 0.05) is 10.6 Å². The molecule has 1 heterocycles. The Bertz CT molecular complexity index is 466. The molecule has 0 aliphatic carbocycles. The summed E-state index contributed by atoms with van der Waals surface area (Å²) in [5.74, 6) is -0.0789. The molecule has 0 aromatic heterocycles. The van der Waals surface area contributed by atoms with Gasteiger partial charge in [-0.25, -0.2) is 4.79 Å². The van der Waals surface area contributed by atoms with E-state index in [-0.39, 0.29) is 29.6 Å². The van der Waals surface area contributed by atoms with Gasteiger partial charge in [0.25, 0.3) is 5.91 Å². The Kier molecular flexibility index (Phi) is 4.82. The maximum absolute atomic E-state index is 11.4. The zero-order chi connectivity index (χ0) is 11.7. The number of amides is 2. The van der Waals surface area contributed by atoms with Crippen LogP contribution in [0.1, 0.15) is 11.7 Å². The summed E-state index contributed by atoms with van der Waals surface area (Å²) in [6.07, 6.45) is -1.77. The predicted molar refractivity (Wildman–Crippen MR) is 62.5 cm³/mol. The van der Waals surface area contributed by atoms with Crippen LogP contribution in [-0.4, -0.2) is 48.7 Å². The minimum absolute atomic E-state index is 0. The number of ether oxygens (including phenoxy) is 2. The summed E-state index contributed by atoms with van der Waals surface area (Å²) in [5.41, 5.74) is 0.429. The number of cyclic esters (lactones) is 1. The van der Waals surface area contributed by atoms with Gasteiger partial charge in [0.2, 0.25) is 6.10 Å². The third kappa shape index (κ3) is 2.93. The van der Waals surface area contributed by atoms with E-state index in [0.717, 1.165) is 0 Å². The Morgan fingerprint density at radius 1 is 1.41 bits per heavy atom. The monoisotopic (exact) mass is 265 g/mol. The van der Waals surface area contributed by atoms with Crippen LogP contribution in [0.15, 0.2) is 18.2 Å². The molecule has 0 radical (unpaired) electrons. The molecular formula is C10H9ClNNaO4. The molecular weight excluding hydrogens is 257 g/mol. The number of rotatable bonds is 2. The second-order valence-electron chi connectivity index (χ2n) is 3.16. The van der Waals surface area contributed by atoms with Gasteiger partial charge in [0.1, 0.15) is 5.75 Å². The fourth-order valence-corrected chi connectivity index (χ4v) is 1.65. The van der Waals surface area contributed by atoms with Gasteiger partial charge in [-0.15, -0.1) is 0 Å². The van der Waals surface area contributed by atoms with Gasteiger partial charge < -0.3 is 9.47 Å². The van der Waals surface area contributed by atoms with Crippen LogP contribution in [0.5, 0.6) is 5.75 Å². The van der Waals surface area contributed by atoms with E-state index in [2.05, 4.69) is 0 Å². The Balaban J connectivity index is 0.00000144. The van der Waals surface area contributed by atoms with Crippen molar-refractivity contribution in [1.29, 1.82) is 0 Å². The Labute approximate surface area is 125 Å². The average molecular weight is 266 g/mol. The topological polar surface area (TPSA) is 64.6 Å². The van der Waals surface area contributed by atoms with Crippen LogP contribution in [0.3, 0.4) is 0 Å². The second kappa shape index (κ2) is 5.73. The Morgan fingerprint density at radius 3 is 2.65 bits per heavy atom. The van der Waals surface area contributed by atoms with E-state index in [9.17, 15) is 9.59 Å². The van der Waals surface area contributed by atoms with E-state index in [4.69, 9.17) is 21.1 Å². The minimum atomic E-state index is -0.999. The number of hydrogen-bond acceptors (Lipinski definition) is 4. The molecule has 1 atom stereocenters. The van der Waals surface area contributed by atoms with Crippen molar-refractivity contribution in [3.05, 3.63) is 28.8 Å². The van der Waals surface area contributed by atoms with E-state index >= 15 is 0 Å². The van der Waals surface area contributed by atoms with Gasteiger partial charge in [-0.05, 0) is 18.2 Å². The van der Waals surface area contributed by atoms with Crippen molar-refractivity contribution in [1.82, 2.24) is 5.32 Å². The van der Waals surface area contributed by atoms with Gasteiger partial charge >= 0.3 is 35.7 Å². The molecule has 86 valence electrons. The standard InChI is InChI=1S/C10H8ClNO4.Na.H/c1-15-7-3-2-5(11)4-6(7)8-9(13)12-10(14)16-8;;/h2-4,8H,1H3,(H,12,13,14);;. The fraction of sp³-hybridized carbons (Fsp3) is 0.200. The average Bonchev–Trinajstić information content (AvgIpc) is 2.57. The molecule has 1 unspecified atom stereocenters. The summed E-state index contributed by atoms with van der Waals surface area (Å²) in [6, 6.07) is 4.76. The van der Waals surface area contributed by atoms with Crippen molar-refractivity contribution in [2.75, 3.05) is 7.11 Å². The van der Waals surface area contributed by atoms with Gasteiger partial charge in [-0.1, -0.05) is 11.6 Å². The van der Waals surface area contributed by atoms with Crippen molar-refractivity contribution in [2.24, 2.45) is 0 Å². The molecule has 0 saturated carbocycles.